The Kier molecular flexibility index (Phi) is 4.59. The van der Waals surface area contributed by atoms with Gasteiger partial charge in [0.05, 0.1) is 6.61 Å². The number of pyridine rings is 1. The van der Waals surface area contributed by atoms with Crippen molar-refractivity contribution < 1.29 is 4.74 Å². The van der Waals surface area contributed by atoms with Crippen LogP contribution in [0.15, 0.2) is 24.3 Å². The highest BCUT2D eigenvalue weighted by molar-refractivity contribution is 5.24. The molecular weight excluding hydrogens is 260 g/mol. The van der Waals surface area contributed by atoms with Crippen LogP contribution in [0.4, 0.5) is 0 Å². The summed E-state index contributed by atoms with van der Waals surface area (Å²) >= 11 is 0. The third-order valence-corrected chi connectivity index (χ3v) is 4.53. The van der Waals surface area contributed by atoms with E-state index < -0.39 is 0 Å². The maximum absolute atomic E-state index is 5.99. The van der Waals surface area contributed by atoms with E-state index in [0.29, 0.717) is 11.8 Å². The number of allylic oxidation sites excluding steroid dienone is 2. The number of nitrogens with one attached hydrogen (secondary N) is 1. The van der Waals surface area contributed by atoms with Crippen LogP contribution in [0, 0.1) is 18.8 Å². The van der Waals surface area contributed by atoms with Crippen molar-refractivity contribution in [1.82, 2.24) is 10.3 Å². The van der Waals surface area contributed by atoms with Crippen LogP contribution in [0.2, 0.25) is 0 Å². The van der Waals surface area contributed by atoms with Crippen LogP contribution < -0.4 is 10.1 Å². The lowest BCUT2D eigenvalue weighted by atomic mass is 9.85. The third-order valence-electron chi connectivity index (χ3n) is 4.53. The second-order valence-corrected chi connectivity index (χ2v) is 6.60. The van der Waals surface area contributed by atoms with Crippen molar-refractivity contribution in [1.29, 1.82) is 0 Å². The number of hydrogen-bond acceptors (Lipinski definition) is 3. The minimum Gasteiger partial charge on any atom is -0.477 e. The average Bonchev–Trinajstić information content (AvgIpc) is 3.28. The van der Waals surface area contributed by atoms with E-state index in [0.717, 1.165) is 37.2 Å². The van der Waals surface area contributed by atoms with Gasteiger partial charge in [-0.25, -0.2) is 4.98 Å². The second-order valence-electron chi connectivity index (χ2n) is 6.60. The van der Waals surface area contributed by atoms with E-state index in [-0.39, 0.29) is 0 Å². The zero-order chi connectivity index (χ0) is 14.7. The van der Waals surface area contributed by atoms with Gasteiger partial charge in [-0.3, -0.25) is 0 Å². The van der Waals surface area contributed by atoms with Gasteiger partial charge in [0, 0.05) is 24.3 Å². The number of hydrogen-bond donors (Lipinski definition) is 1. The largest absolute Gasteiger partial charge is 0.477 e. The SMILES string of the molecule is Cc1cc(CNC2CC2)cc(OCC2CC=CCC2C)n1. The zero-order valence-electron chi connectivity index (χ0n) is 13.1. The van der Waals surface area contributed by atoms with E-state index in [1.54, 1.807) is 0 Å². The summed E-state index contributed by atoms with van der Waals surface area (Å²) in [6.07, 6.45) is 9.51. The van der Waals surface area contributed by atoms with Gasteiger partial charge in [-0.2, -0.15) is 0 Å². The van der Waals surface area contributed by atoms with E-state index in [4.69, 9.17) is 4.74 Å². The fourth-order valence-corrected chi connectivity index (χ4v) is 2.86. The highest BCUT2D eigenvalue weighted by atomic mass is 16.5. The lowest BCUT2D eigenvalue weighted by Crippen LogP contribution is -2.21. The summed E-state index contributed by atoms with van der Waals surface area (Å²) in [5, 5.41) is 3.55. The van der Waals surface area contributed by atoms with Gasteiger partial charge in [0.15, 0.2) is 0 Å². The first-order valence-electron chi connectivity index (χ1n) is 8.19. The molecule has 1 N–H and O–H groups in total. The van der Waals surface area contributed by atoms with Crippen LogP contribution in [0.3, 0.4) is 0 Å². The molecule has 2 aliphatic rings. The molecule has 0 saturated heterocycles. The maximum atomic E-state index is 5.99. The molecule has 2 unspecified atom stereocenters. The molecule has 0 aliphatic heterocycles. The van der Waals surface area contributed by atoms with Crippen LogP contribution in [-0.2, 0) is 6.54 Å². The minimum absolute atomic E-state index is 0.616. The molecule has 2 atom stereocenters. The van der Waals surface area contributed by atoms with Crippen molar-refractivity contribution in [3.05, 3.63) is 35.5 Å². The van der Waals surface area contributed by atoms with Crippen molar-refractivity contribution in [2.24, 2.45) is 11.8 Å². The Bertz CT molecular complexity index is 508. The van der Waals surface area contributed by atoms with Gasteiger partial charge in [-0.05, 0) is 56.1 Å². The molecule has 3 heteroatoms. The normalized spacial score (nSPS) is 25.0. The zero-order valence-corrected chi connectivity index (χ0v) is 13.1. The summed E-state index contributed by atoms with van der Waals surface area (Å²) in [6, 6.07) is 4.97. The van der Waals surface area contributed by atoms with Gasteiger partial charge < -0.3 is 10.1 Å². The van der Waals surface area contributed by atoms with Crippen molar-refractivity contribution in [2.75, 3.05) is 6.61 Å². The Morgan fingerprint density at radius 2 is 2.05 bits per heavy atom. The van der Waals surface area contributed by atoms with E-state index in [2.05, 4.69) is 41.5 Å². The first-order chi connectivity index (χ1) is 10.2. The first kappa shape index (κ1) is 14.6. The molecule has 1 saturated carbocycles. The fourth-order valence-electron chi connectivity index (χ4n) is 2.86. The predicted molar refractivity (Wildman–Crippen MR) is 85.4 cm³/mol. The molecule has 0 aromatic carbocycles. The molecule has 0 bridgehead atoms. The molecule has 0 spiro atoms. The van der Waals surface area contributed by atoms with Crippen LogP contribution >= 0.6 is 0 Å². The summed E-state index contributed by atoms with van der Waals surface area (Å²) in [7, 11) is 0. The second kappa shape index (κ2) is 6.61. The smallest absolute Gasteiger partial charge is 0.213 e. The summed E-state index contributed by atoms with van der Waals surface area (Å²) in [5.41, 5.74) is 2.32. The molecule has 1 aromatic rings. The number of ether oxygens (including phenoxy) is 1. The Morgan fingerprint density at radius 1 is 1.24 bits per heavy atom. The average molecular weight is 286 g/mol. The topological polar surface area (TPSA) is 34.1 Å². The molecule has 0 radical (unpaired) electrons. The predicted octanol–water partition coefficient (Wildman–Crippen LogP) is 3.62. The molecule has 1 fully saturated rings. The number of aryl methyl sites for hydroxylation is 1. The number of rotatable bonds is 6. The molecule has 114 valence electrons. The maximum Gasteiger partial charge on any atom is 0.213 e. The Morgan fingerprint density at radius 3 is 2.81 bits per heavy atom. The summed E-state index contributed by atoms with van der Waals surface area (Å²) in [6.45, 7) is 6.05. The standard InChI is InChI=1S/C18H26N2O/c1-13-5-3-4-6-16(13)12-21-18-10-15(9-14(2)20-18)11-19-17-7-8-17/h3-4,9-10,13,16-17,19H,5-8,11-12H2,1-2H3. The fraction of sp³-hybridized carbons (Fsp3) is 0.611. The lowest BCUT2D eigenvalue weighted by Gasteiger charge is -2.25. The molecule has 1 aromatic heterocycles. The first-order valence-corrected chi connectivity index (χ1v) is 8.19. The molecule has 3 nitrogen and oxygen atoms in total. The van der Waals surface area contributed by atoms with E-state index in [9.17, 15) is 0 Å². The van der Waals surface area contributed by atoms with Crippen molar-refractivity contribution in [2.45, 2.75) is 52.1 Å². The molecule has 1 heterocycles. The van der Waals surface area contributed by atoms with Crippen molar-refractivity contribution in [3.8, 4) is 5.88 Å². The van der Waals surface area contributed by atoms with Gasteiger partial charge in [0.25, 0.3) is 0 Å². The third kappa shape index (κ3) is 4.31. The number of aromatic nitrogens is 1. The van der Waals surface area contributed by atoms with Crippen LogP contribution in [-0.4, -0.2) is 17.6 Å². The van der Waals surface area contributed by atoms with Crippen LogP contribution in [0.1, 0.15) is 43.9 Å². The lowest BCUT2D eigenvalue weighted by molar-refractivity contribution is 0.192. The Labute approximate surface area is 127 Å². The van der Waals surface area contributed by atoms with Gasteiger partial charge in [-0.1, -0.05) is 19.1 Å². The molecule has 2 aliphatic carbocycles. The highest BCUT2D eigenvalue weighted by Gasteiger charge is 2.21. The Balaban J connectivity index is 1.57. The highest BCUT2D eigenvalue weighted by Crippen LogP contribution is 2.26. The van der Waals surface area contributed by atoms with Crippen LogP contribution in [0.25, 0.3) is 0 Å². The van der Waals surface area contributed by atoms with E-state index in [1.165, 1.54) is 24.8 Å². The quantitative estimate of drug-likeness (QED) is 0.811. The van der Waals surface area contributed by atoms with Gasteiger partial charge in [0.2, 0.25) is 5.88 Å². The summed E-state index contributed by atoms with van der Waals surface area (Å²) in [4.78, 5) is 4.52. The Hall–Kier alpha value is -1.35. The number of nitrogens with zero attached hydrogens (tertiary/aromatic N) is 1. The molecule has 21 heavy (non-hydrogen) atoms. The van der Waals surface area contributed by atoms with Crippen molar-refractivity contribution in [3.63, 3.8) is 0 Å². The van der Waals surface area contributed by atoms with E-state index in [1.807, 2.05) is 6.92 Å². The monoisotopic (exact) mass is 286 g/mol. The minimum atomic E-state index is 0.616. The van der Waals surface area contributed by atoms with Crippen molar-refractivity contribution >= 4 is 0 Å². The van der Waals surface area contributed by atoms with Gasteiger partial charge >= 0.3 is 0 Å². The molecular formula is C18H26N2O. The summed E-state index contributed by atoms with van der Waals surface area (Å²) < 4.78 is 5.99. The van der Waals surface area contributed by atoms with Gasteiger partial charge in [0.1, 0.15) is 0 Å². The molecule has 0 amide bonds. The summed E-state index contributed by atoms with van der Waals surface area (Å²) in [5.74, 6) is 2.10. The van der Waals surface area contributed by atoms with E-state index >= 15 is 0 Å². The molecule has 3 rings (SSSR count). The van der Waals surface area contributed by atoms with Gasteiger partial charge in [-0.15, -0.1) is 0 Å². The van der Waals surface area contributed by atoms with Crippen LogP contribution in [0.5, 0.6) is 5.88 Å².